The number of anilines is 1. The Morgan fingerprint density at radius 1 is 0.941 bits per heavy atom. The van der Waals surface area contributed by atoms with E-state index in [-0.39, 0.29) is 0 Å². The molecule has 0 saturated heterocycles. The smallest absolute Gasteiger partial charge is 0.126 e. The van der Waals surface area contributed by atoms with Crippen LogP contribution in [0.5, 0.6) is 5.75 Å². The summed E-state index contributed by atoms with van der Waals surface area (Å²) in [5.74, 6) is 0.874. The van der Waals surface area contributed by atoms with Gasteiger partial charge in [-0.3, -0.25) is 0 Å². The average molecular weight is 225 g/mol. The largest absolute Gasteiger partial charge is 0.496 e. The zero-order valence-corrected chi connectivity index (χ0v) is 9.76. The molecule has 2 nitrogen and oxygen atoms in total. The zero-order valence-electron chi connectivity index (χ0n) is 9.76. The first-order valence-corrected chi connectivity index (χ1v) is 5.51. The summed E-state index contributed by atoms with van der Waals surface area (Å²) >= 11 is 0. The third-order valence-electron chi connectivity index (χ3n) is 2.43. The highest BCUT2D eigenvalue weighted by Gasteiger charge is 1.95. The maximum absolute atomic E-state index is 5.27. The van der Waals surface area contributed by atoms with Crippen LogP contribution in [0.2, 0.25) is 0 Å². The Bertz CT molecular complexity index is 491. The van der Waals surface area contributed by atoms with Gasteiger partial charge in [-0.15, -0.1) is 0 Å². The summed E-state index contributed by atoms with van der Waals surface area (Å²) in [5.41, 5.74) is 2.12. The van der Waals surface area contributed by atoms with E-state index < -0.39 is 0 Å². The van der Waals surface area contributed by atoms with Gasteiger partial charge in [-0.05, 0) is 24.3 Å². The maximum atomic E-state index is 5.27. The summed E-state index contributed by atoms with van der Waals surface area (Å²) in [6.07, 6.45) is 3.90. The number of hydrogen-bond donors (Lipinski definition) is 1. The van der Waals surface area contributed by atoms with E-state index in [1.807, 2.05) is 66.9 Å². The number of methoxy groups -OCH3 is 1. The van der Waals surface area contributed by atoms with Gasteiger partial charge < -0.3 is 10.1 Å². The van der Waals surface area contributed by atoms with Gasteiger partial charge >= 0.3 is 0 Å². The summed E-state index contributed by atoms with van der Waals surface area (Å²) in [7, 11) is 1.68. The Morgan fingerprint density at radius 2 is 1.65 bits per heavy atom. The first kappa shape index (κ1) is 11.3. The standard InChI is InChI=1S/C15H15NO/c1-17-15-10-6-5-7-13(15)11-12-16-14-8-3-2-4-9-14/h2-12,16H,1H3. The summed E-state index contributed by atoms with van der Waals surface area (Å²) in [5, 5.41) is 3.21. The number of para-hydroxylation sites is 2. The molecule has 2 rings (SSSR count). The van der Waals surface area contributed by atoms with Gasteiger partial charge in [0, 0.05) is 17.5 Å². The Morgan fingerprint density at radius 3 is 2.41 bits per heavy atom. The molecule has 2 aromatic rings. The molecule has 0 aliphatic carbocycles. The number of hydrogen-bond acceptors (Lipinski definition) is 2. The van der Waals surface area contributed by atoms with Crippen molar-refractivity contribution in [3.05, 3.63) is 66.4 Å². The fraction of sp³-hybridized carbons (Fsp3) is 0.0667. The van der Waals surface area contributed by atoms with Crippen LogP contribution in [0.4, 0.5) is 5.69 Å². The molecular formula is C15H15NO. The SMILES string of the molecule is COc1ccccc1C=CNc1ccccc1. The van der Waals surface area contributed by atoms with Crippen molar-refractivity contribution in [3.8, 4) is 5.75 Å². The van der Waals surface area contributed by atoms with Gasteiger partial charge in [-0.25, -0.2) is 0 Å². The van der Waals surface area contributed by atoms with Gasteiger partial charge in [0.15, 0.2) is 0 Å². The van der Waals surface area contributed by atoms with Crippen LogP contribution in [-0.2, 0) is 0 Å². The van der Waals surface area contributed by atoms with Crippen LogP contribution in [-0.4, -0.2) is 7.11 Å². The van der Waals surface area contributed by atoms with Gasteiger partial charge in [-0.1, -0.05) is 36.4 Å². The van der Waals surface area contributed by atoms with Gasteiger partial charge in [0.05, 0.1) is 7.11 Å². The monoisotopic (exact) mass is 225 g/mol. The minimum absolute atomic E-state index is 0.874. The fourth-order valence-corrected chi connectivity index (χ4v) is 1.57. The molecule has 2 aromatic carbocycles. The van der Waals surface area contributed by atoms with Crippen molar-refractivity contribution in [2.75, 3.05) is 12.4 Å². The van der Waals surface area contributed by atoms with E-state index in [0.717, 1.165) is 17.0 Å². The number of rotatable bonds is 4. The lowest BCUT2D eigenvalue weighted by molar-refractivity contribution is 0.414. The average Bonchev–Trinajstić information content (AvgIpc) is 2.40. The molecule has 1 N–H and O–H groups in total. The van der Waals surface area contributed by atoms with Crippen LogP contribution in [0.3, 0.4) is 0 Å². The van der Waals surface area contributed by atoms with Crippen LogP contribution in [0, 0.1) is 0 Å². The van der Waals surface area contributed by atoms with Crippen molar-refractivity contribution in [2.24, 2.45) is 0 Å². The van der Waals surface area contributed by atoms with Gasteiger partial charge in [0.25, 0.3) is 0 Å². The lowest BCUT2D eigenvalue weighted by atomic mass is 10.2. The molecule has 0 radical (unpaired) electrons. The molecule has 0 aliphatic rings. The number of ether oxygens (including phenoxy) is 1. The van der Waals surface area contributed by atoms with E-state index in [0.29, 0.717) is 0 Å². The predicted molar refractivity (Wildman–Crippen MR) is 72.1 cm³/mol. The molecular weight excluding hydrogens is 210 g/mol. The quantitative estimate of drug-likeness (QED) is 0.855. The lowest BCUT2D eigenvalue weighted by Crippen LogP contribution is -1.88. The fourth-order valence-electron chi connectivity index (χ4n) is 1.57. The zero-order chi connectivity index (χ0) is 11.9. The van der Waals surface area contributed by atoms with Crippen LogP contribution < -0.4 is 10.1 Å². The molecule has 0 amide bonds. The molecule has 0 bridgehead atoms. The molecule has 0 saturated carbocycles. The molecule has 0 heterocycles. The van der Waals surface area contributed by atoms with Crippen LogP contribution in [0.25, 0.3) is 6.08 Å². The highest BCUT2D eigenvalue weighted by Crippen LogP contribution is 2.18. The van der Waals surface area contributed by atoms with Crippen molar-refractivity contribution < 1.29 is 4.74 Å². The van der Waals surface area contributed by atoms with Gasteiger partial charge in [0.2, 0.25) is 0 Å². The van der Waals surface area contributed by atoms with E-state index in [1.54, 1.807) is 7.11 Å². The minimum atomic E-state index is 0.874. The third-order valence-corrected chi connectivity index (χ3v) is 2.43. The van der Waals surface area contributed by atoms with Crippen molar-refractivity contribution in [1.29, 1.82) is 0 Å². The molecule has 0 spiro atoms. The predicted octanol–water partition coefficient (Wildman–Crippen LogP) is 3.78. The second-order valence-corrected chi connectivity index (χ2v) is 3.59. The van der Waals surface area contributed by atoms with Gasteiger partial charge in [-0.2, -0.15) is 0 Å². The molecule has 0 aliphatic heterocycles. The first-order chi connectivity index (χ1) is 8.40. The summed E-state index contributed by atoms with van der Waals surface area (Å²) in [6.45, 7) is 0. The second-order valence-electron chi connectivity index (χ2n) is 3.59. The molecule has 2 heteroatoms. The third kappa shape index (κ3) is 3.11. The minimum Gasteiger partial charge on any atom is -0.496 e. The second kappa shape index (κ2) is 5.75. The highest BCUT2D eigenvalue weighted by molar-refractivity contribution is 5.60. The van der Waals surface area contributed by atoms with E-state index in [1.165, 1.54) is 0 Å². The number of benzene rings is 2. The van der Waals surface area contributed by atoms with E-state index in [9.17, 15) is 0 Å². The Kier molecular flexibility index (Phi) is 3.81. The van der Waals surface area contributed by atoms with E-state index >= 15 is 0 Å². The summed E-state index contributed by atoms with van der Waals surface area (Å²) in [6, 6.07) is 17.9. The number of nitrogens with one attached hydrogen (secondary N) is 1. The highest BCUT2D eigenvalue weighted by atomic mass is 16.5. The summed E-state index contributed by atoms with van der Waals surface area (Å²) < 4.78 is 5.27. The summed E-state index contributed by atoms with van der Waals surface area (Å²) in [4.78, 5) is 0. The van der Waals surface area contributed by atoms with E-state index in [4.69, 9.17) is 4.74 Å². The van der Waals surface area contributed by atoms with Crippen molar-refractivity contribution in [2.45, 2.75) is 0 Å². The molecule has 0 aromatic heterocycles. The lowest BCUT2D eigenvalue weighted by Gasteiger charge is -2.04. The van der Waals surface area contributed by atoms with Crippen molar-refractivity contribution in [3.63, 3.8) is 0 Å². The molecule has 0 unspecified atom stereocenters. The Hall–Kier alpha value is -2.22. The molecule has 0 atom stereocenters. The van der Waals surface area contributed by atoms with Crippen LogP contribution in [0.15, 0.2) is 60.8 Å². The topological polar surface area (TPSA) is 21.3 Å². The first-order valence-electron chi connectivity index (χ1n) is 5.51. The van der Waals surface area contributed by atoms with Crippen molar-refractivity contribution in [1.82, 2.24) is 0 Å². The normalized spacial score (nSPS) is 10.4. The van der Waals surface area contributed by atoms with Crippen LogP contribution in [0.1, 0.15) is 5.56 Å². The molecule has 86 valence electrons. The van der Waals surface area contributed by atoms with Crippen molar-refractivity contribution >= 4 is 11.8 Å². The van der Waals surface area contributed by atoms with E-state index in [2.05, 4.69) is 5.32 Å². The molecule has 17 heavy (non-hydrogen) atoms. The van der Waals surface area contributed by atoms with Gasteiger partial charge in [0.1, 0.15) is 5.75 Å². The Balaban J connectivity index is 2.06. The van der Waals surface area contributed by atoms with Crippen LogP contribution >= 0.6 is 0 Å². The maximum Gasteiger partial charge on any atom is 0.126 e. The Labute approximate surface area is 102 Å². The molecule has 0 fully saturated rings.